The van der Waals surface area contributed by atoms with E-state index in [0.29, 0.717) is 17.7 Å². The third-order valence-corrected chi connectivity index (χ3v) is 7.05. The van der Waals surface area contributed by atoms with Crippen molar-refractivity contribution in [1.29, 1.82) is 0 Å². The molecule has 0 saturated heterocycles. The number of esters is 1. The maximum Gasteiger partial charge on any atom is 0.343 e. The summed E-state index contributed by atoms with van der Waals surface area (Å²) in [7, 11) is 0. The standard InChI is InChI=1S/C32H45BrN2O3/c1-2-3-4-5-6-7-8-9-10-11-12-13-14-15-16-20-31(36)35-34-26-27-21-23-30(24-22-27)38-32(37)28-18-17-19-29(33)25-28/h17-19,21-26H,2-16,20H2,1H3,(H,35,36)/b34-26-. The summed E-state index contributed by atoms with van der Waals surface area (Å²) in [5, 5.41) is 4.04. The van der Waals surface area contributed by atoms with Gasteiger partial charge in [-0.05, 0) is 54.4 Å². The summed E-state index contributed by atoms with van der Waals surface area (Å²) in [5.41, 5.74) is 3.87. The van der Waals surface area contributed by atoms with Crippen LogP contribution in [0.15, 0.2) is 58.1 Å². The molecule has 0 atom stereocenters. The van der Waals surface area contributed by atoms with Crippen LogP contribution in [0.2, 0.25) is 0 Å². The summed E-state index contributed by atoms with van der Waals surface area (Å²) in [6.07, 6.45) is 21.7. The van der Waals surface area contributed by atoms with Crippen LogP contribution in [0.25, 0.3) is 0 Å². The fraction of sp³-hybridized carbons (Fsp3) is 0.531. The van der Waals surface area contributed by atoms with Crippen LogP contribution < -0.4 is 10.2 Å². The molecule has 0 radical (unpaired) electrons. The van der Waals surface area contributed by atoms with Gasteiger partial charge in [0.05, 0.1) is 11.8 Å². The highest BCUT2D eigenvalue weighted by Crippen LogP contribution is 2.17. The Kier molecular flexibility index (Phi) is 17.1. The lowest BCUT2D eigenvalue weighted by molar-refractivity contribution is -0.121. The number of unbranched alkanes of at least 4 members (excludes halogenated alkanes) is 14. The van der Waals surface area contributed by atoms with Crippen molar-refractivity contribution in [2.75, 3.05) is 0 Å². The van der Waals surface area contributed by atoms with Crippen LogP contribution in [0, 0.1) is 0 Å². The smallest absolute Gasteiger partial charge is 0.343 e. The van der Waals surface area contributed by atoms with Crippen LogP contribution in [0.1, 0.15) is 126 Å². The van der Waals surface area contributed by atoms with Crippen molar-refractivity contribution >= 4 is 34.0 Å². The van der Waals surface area contributed by atoms with Gasteiger partial charge in [-0.2, -0.15) is 5.10 Å². The summed E-state index contributed by atoms with van der Waals surface area (Å²) < 4.78 is 6.22. The van der Waals surface area contributed by atoms with Crippen LogP contribution in [-0.2, 0) is 4.79 Å². The first-order valence-corrected chi connectivity index (χ1v) is 15.3. The van der Waals surface area contributed by atoms with Crippen molar-refractivity contribution < 1.29 is 14.3 Å². The lowest BCUT2D eigenvalue weighted by atomic mass is 10.0. The van der Waals surface area contributed by atoms with Gasteiger partial charge in [-0.15, -0.1) is 0 Å². The Hall–Kier alpha value is -2.47. The molecule has 0 aliphatic carbocycles. The van der Waals surface area contributed by atoms with Gasteiger partial charge in [0.1, 0.15) is 5.75 Å². The third-order valence-electron chi connectivity index (χ3n) is 6.56. The molecular weight excluding hydrogens is 540 g/mol. The van der Waals surface area contributed by atoms with Gasteiger partial charge in [0.25, 0.3) is 0 Å². The molecule has 2 rings (SSSR count). The third kappa shape index (κ3) is 15.1. The maximum atomic E-state index is 12.2. The minimum absolute atomic E-state index is 0.0597. The number of nitrogens with zero attached hydrogens (tertiary/aromatic N) is 1. The predicted octanol–water partition coefficient (Wildman–Crippen LogP) is 9.38. The van der Waals surface area contributed by atoms with E-state index in [9.17, 15) is 9.59 Å². The van der Waals surface area contributed by atoms with Gasteiger partial charge in [-0.3, -0.25) is 4.79 Å². The van der Waals surface area contributed by atoms with Gasteiger partial charge >= 0.3 is 5.97 Å². The van der Waals surface area contributed by atoms with Crippen LogP contribution in [-0.4, -0.2) is 18.1 Å². The molecule has 0 unspecified atom stereocenters. The molecule has 0 fully saturated rings. The highest BCUT2D eigenvalue weighted by atomic mass is 79.9. The predicted molar refractivity (Wildman–Crippen MR) is 161 cm³/mol. The Labute approximate surface area is 238 Å². The Balaban J connectivity index is 1.46. The van der Waals surface area contributed by atoms with Crippen molar-refractivity contribution in [3.05, 3.63) is 64.1 Å². The lowest BCUT2D eigenvalue weighted by Crippen LogP contribution is -2.16. The van der Waals surface area contributed by atoms with E-state index < -0.39 is 5.97 Å². The number of benzene rings is 2. The molecule has 208 valence electrons. The Morgan fingerprint density at radius 2 is 1.34 bits per heavy atom. The van der Waals surface area contributed by atoms with E-state index in [0.717, 1.165) is 22.9 Å². The molecule has 0 saturated carbocycles. The fourth-order valence-electron chi connectivity index (χ4n) is 4.29. The number of rotatable bonds is 20. The number of amides is 1. The van der Waals surface area contributed by atoms with Crippen LogP contribution in [0.5, 0.6) is 5.75 Å². The molecule has 5 nitrogen and oxygen atoms in total. The zero-order chi connectivity index (χ0) is 27.3. The van der Waals surface area contributed by atoms with Gasteiger partial charge < -0.3 is 4.74 Å². The molecule has 0 aromatic heterocycles. The Morgan fingerprint density at radius 1 is 0.789 bits per heavy atom. The topological polar surface area (TPSA) is 67.8 Å². The minimum atomic E-state index is -0.418. The summed E-state index contributed by atoms with van der Waals surface area (Å²) in [4.78, 5) is 24.2. The molecule has 0 aliphatic heterocycles. The molecule has 1 N–H and O–H groups in total. The molecular formula is C32H45BrN2O3. The van der Waals surface area contributed by atoms with Crippen molar-refractivity contribution in [2.45, 2.75) is 110 Å². The van der Waals surface area contributed by atoms with E-state index in [4.69, 9.17) is 4.74 Å². The molecule has 1 amide bonds. The molecule has 38 heavy (non-hydrogen) atoms. The first-order chi connectivity index (χ1) is 18.6. The van der Waals surface area contributed by atoms with Gasteiger partial charge in [0.15, 0.2) is 0 Å². The molecule has 6 heteroatoms. The quantitative estimate of drug-likeness (QED) is 0.0553. The normalized spacial score (nSPS) is 11.1. The average molecular weight is 586 g/mol. The molecule has 2 aromatic carbocycles. The SMILES string of the molecule is CCCCCCCCCCCCCCCCCC(=O)N/N=C\c1ccc(OC(=O)c2cccc(Br)c2)cc1. The first-order valence-electron chi connectivity index (χ1n) is 14.5. The highest BCUT2D eigenvalue weighted by molar-refractivity contribution is 9.10. The number of hydrogen-bond donors (Lipinski definition) is 1. The number of carbonyl (C=O) groups is 2. The fourth-order valence-corrected chi connectivity index (χ4v) is 4.69. The number of ether oxygens (including phenoxy) is 1. The second-order valence-corrected chi connectivity index (χ2v) is 10.9. The molecule has 0 heterocycles. The van der Waals surface area contributed by atoms with Crippen molar-refractivity contribution in [3.63, 3.8) is 0 Å². The molecule has 0 aliphatic rings. The highest BCUT2D eigenvalue weighted by Gasteiger charge is 2.08. The number of nitrogens with one attached hydrogen (secondary N) is 1. The lowest BCUT2D eigenvalue weighted by Gasteiger charge is -2.05. The van der Waals surface area contributed by atoms with Gasteiger partial charge in [-0.1, -0.05) is 119 Å². The second-order valence-electron chi connectivity index (χ2n) is 9.96. The largest absolute Gasteiger partial charge is 0.423 e. The number of hydrazone groups is 1. The van der Waals surface area contributed by atoms with Crippen molar-refractivity contribution in [1.82, 2.24) is 5.43 Å². The van der Waals surface area contributed by atoms with Crippen LogP contribution in [0.3, 0.4) is 0 Å². The second kappa shape index (κ2) is 20.5. The van der Waals surface area contributed by atoms with E-state index in [1.807, 2.05) is 6.07 Å². The van der Waals surface area contributed by atoms with E-state index in [1.54, 1.807) is 48.7 Å². The number of halogens is 1. The van der Waals surface area contributed by atoms with Crippen molar-refractivity contribution in [2.24, 2.45) is 5.10 Å². The summed E-state index contributed by atoms with van der Waals surface area (Å²) in [6, 6.07) is 14.0. The number of carbonyl (C=O) groups excluding carboxylic acids is 2. The first kappa shape index (κ1) is 31.7. The summed E-state index contributed by atoms with van der Waals surface area (Å²) in [6.45, 7) is 2.27. The van der Waals surface area contributed by atoms with Crippen LogP contribution in [0.4, 0.5) is 0 Å². The molecule has 2 aromatic rings. The maximum absolute atomic E-state index is 12.2. The van der Waals surface area contributed by atoms with Gasteiger partial charge in [0, 0.05) is 10.9 Å². The Morgan fingerprint density at radius 3 is 1.89 bits per heavy atom. The van der Waals surface area contributed by atoms with E-state index >= 15 is 0 Å². The zero-order valence-corrected chi connectivity index (χ0v) is 24.6. The average Bonchev–Trinajstić information content (AvgIpc) is 2.92. The zero-order valence-electron chi connectivity index (χ0n) is 23.1. The molecule has 0 spiro atoms. The van der Waals surface area contributed by atoms with E-state index in [-0.39, 0.29) is 5.91 Å². The Bertz CT molecular complexity index is 959. The van der Waals surface area contributed by atoms with E-state index in [1.165, 1.54) is 83.5 Å². The van der Waals surface area contributed by atoms with Crippen molar-refractivity contribution in [3.8, 4) is 5.75 Å². The molecule has 0 bridgehead atoms. The van der Waals surface area contributed by atoms with E-state index in [2.05, 4.69) is 33.4 Å². The number of hydrogen-bond acceptors (Lipinski definition) is 4. The summed E-state index contributed by atoms with van der Waals surface area (Å²) >= 11 is 3.35. The van der Waals surface area contributed by atoms with Crippen LogP contribution >= 0.6 is 15.9 Å². The monoisotopic (exact) mass is 584 g/mol. The van der Waals surface area contributed by atoms with Gasteiger partial charge in [0.2, 0.25) is 5.91 Å². The van der Waals surface area contributed by atoms with Gasteiger partial charge in [-0.25, -0.2) is 10.2 Å². The minimum Gasteiger partial charge on any atom is -0.423 e. The summed E-state index contributed by atoms with van der Waals surface area (Å²) in [5.74, 6) is -0.0290.